The molecule has 0 radical (unpaired) electrons. The molecule has 0 spiro atoms. The topological polar surface area (TPSA) is 63.4 Å². The molecule has 0 fully saturated rings. The van der Waals surface area contributed by atoms with Gasteiger partial charge in [-0.15, -0.1) is 0 Å². The first kappa shape index (κ1) is 17.6. The molecule has 4 nitrogen and oxygen atoms in total. The molecule has 0 aromatic heterocycles. The van der Waals surface area contributed by atoms with Crippen LogP contribution in [0.4, 0.5) is 10.1 Å². The lowest BCUT2D eigenvalue weighted by Gasteiger charge is -2.26. The van der Waals surface area contributed by atoms with Crippen LogP contribution < -0.4 is 5.73 Å². The van der Waals surface area contributed by atoms with Crippen molar-refractivity contribution in [1.29, 1.82) is 0 Å². The van der Waals surface area contributed by atoms with Crippen LogP contribution >= 0.6 is 23.4 Å². The first-order valence-corrected chi connectivity index (χ1v) is 9.18. The molecule has 0 aliphatic carbocycles. The predicted octanol–water partition coefficient (Wildman–Crippen LogP) is 2.82. The van der Waals surface area contributed by atoms with Gasteiger partial charge in [-0.1, -0.05) is 18.5 Å². The fourth-order valence-corrected chi connectivity index (χ4v) is 4.66. The average molecular weight is 341 g/mol. The Morgan fingerprint density at radius 3 is 2.60 bits per heavy atom. The Kier molecular flexibility index (Phi) is 6.12. The van der Waals surface area contributed by atoms with Gasteiger partial charge >= 0.3 is 0 Å². The molecule has 0 bridgehead atoms. The van der Waals surface area contributed by atoms with E-state index in [-0.39, 0.29) is 21.6 Å². The van der Waals surface area contributed by atoms with Gasteiger partial charge in [-0.2, -0.15) is 16.1 Å². The standard InChI is InChI=1S/C12H18ClFN2O2S2/c1-4-8(7-19-3)16(2)20(17,18)12-6-11(15)10(14)5-9(12)13/h5-6,8H,4,7,15H2,1-3H3. The second-order valence-corrected chi connectivity index (χ2v) is 7.63. The Bertz CT molecular complexity index is 581. The van der Waals surface area contributed by atoms with E-state index in [1.54, 1.807) is 11.8 Å². The van der Waals surface area contributed by atoms with Crippen molar-refractivity contribution in [3.8, 4) is 0 Å². The molecule has 114 valence electrons. The van der Waals surface area contributed by atoms with Crippen LogP contribution in [0.3, 0.4) is 0 Å². The number of thioether (sulfide) groups is 1. The van der Waals surface area contributed by atoms with Gasteiger partial charge in [-0.3, -0.25) is 0 Å². The summed E-state index contributed by atoms with van der Waals surface area (Å²) in [5.74, 6) is -0.0617. The second-order valence-electron chi connectivity index (χ2n) is 4.34. The Morgan fingerprint density at radius 1 is 1.50 bits per heavy atom. The molecule has 0 saturated heterocycles. The number of nitrogens with zero attached hydrogens (tertiary/aromatic N) is 1. The predicted molar refractivity (Wildman–Crippen MR) is 83.2 cm³/mol. The van der Waals surface area contributed by atoms with Crippen LogP contribution in [0.25, 0.3) is 0 Å². The summed E-state index contributed by atoms with van der Waals surface area (Å²) in [6.07, 6.45) is 2.58. The van der Waals surface area contributed by atoms with Crippen LogP contribution in [0.2, 0.25) is 5.02 Å². The minimum absolute atomic E-state index is 0.155. The van der Waals surface area contributed by atoms with Gasteiger partial charge in [0.05, 0.1) is 10.7 Å². The minimum atomic E-state index is -3.80. The lowest BCUT2D eigenvalue weighted by Crippen LogP contribution is -2.38. The monoisotopic (exact) mass is 340 g/mol. The first-order chi connectivity index (χ1) is 9.25. The summed E-state index contributed by atoms with van der Waals surface area (Å²) < 4.78 is 39.6. The Morgan fingerprint density at radius 2 is 2.10 bits per heavy atom. The molecule has 8 heteroatoms. The highest BCUT2D eigenvalue weighted by Gasteiger charge is 2.29. The Hall–Kier alpha value is -0.500. The Balaban J connectivity index is 3.26. The lowest BCUT2D eigenvalue weighted by atomic mass is 10.3. The van der Waals surface area contributed by atoms with Crippen LogP contribution in [0.5, 0.6) is 0 Å². The summed E-state index contributed by atoms with van der Waals surface area (Å²) in [7, 11) is -2.31. The number of nitrogens with two attached hydrogens (primary N) is 1. The van der Waals surface area contributed by atoms with Crippen molar-refractivity contribution in [3.63, 3.8) is 0 Å². The third kappa shape index (κ3) is 3.58. The molecule has 1 aromatic carbocycles. The van der Waals surface area contributed by atoms with Gasteiger partial charge in [0.1, 0.15) is 10.7 Å². The molecule has 1 unspecified atom stereocenters. The maximum atomic E-state index is 13.3. The summed E-state index contributed by atoms with van der Waals surface area (Å²) in [6, 6.07) is 1.83. The Labute approximate surface area is 128 Å². The van der Waals surface area contributed by atoms with Crippen LogP contribution in [0.15, 0.2) is 17.0 Å². The summed E-state index contributed by atoms with van der Waals surface area (Å²) in [4.78, 5) is -0.167. The van der Waals surface area contributed by atoms with Gasteiger partial charge in [-0.25, -0.2) is 12.8 Å². The molecule has 0 aliphatic heterocycles. The number of sulfonamides is 1. The average Bonchev–Trinajstić information content (AvgIpc) is 2.39. The van der Waals surface area contributed by atoms with Crippen LogP contribution in [0, 0.1) is 5.82 Å². The molecular weight excluding hydrogens is 323 g/mol. The number of hydrogen-bond acceptors (Lipinski definition) is 4. The van der Waals surface area contributed by atoms with E-state index in [4.69, 9.17) is 17.3 Å². The summed E-state index contributed by atoms with van der Waals surface area (Å²) >= 11 is 7.41. The molecule has 0 amide bonds. The maximum Gasteiger partial charge on any atom is 0.244 e. The molecule has 0 aliphatic rings. The van der Waals surface area contributed by atoms with E-state index < -0.39 is 15.8 Å². The van der Waals surface area contributed by atoms with Crippen molar-refractivity contribution < 1.29 is 12.8 Å². The zero-order valence-electron chi connectivity index (χ0n) is 11.6. The van der Waals surface area contributed by atoms with Crippen molar-refractivity contribution in [2.24, 2.45) is 0 Å². The fraction of sp³-hybridized carbons (Fsp3) is 0.500. The highest BCUT2D eigenvalue weighted by Crippen LogP contribution is 2.29. The van der Waals surface area contributed by atoms with Gasteiger partial charge in [0.25, 0.3) is 0 Å². The molecule has 0 heterocycles. The van der Waals surface area contributed by atoms with Gasteiger partial charge in [0.2, 0.25) is 10.0 Å². The molecule has 1 rings (SSSR count). The highest BCUT2D eigenvalue weighted by molar-refractivity contribution is 7.98. The third-order valence-corrected chi connectivity index (χ3v) is 6.15. The molecule has 0 saturated carbocycles. The lowest BCUT2D eigenvalue weighted by molar-refractivity contribution is 0.385. The number of nitrogen functional groups attached to an aromatic ring is 1. The molecule has 1 aromatic rings. The van der Waals surface area contributed by atoms with E-state index in [0.717, 1.165) is 12.1 Å². The quantitative estimate of drug-likeness (QED) is 0.809. The number of hydrogen-bond donors (Lipinski definition) is 1. The van der Waals surface area contributed by atoms with Crippen molar-refractivity contribution in [3.05, 3.63) is 23.0 Å². The summed E-state index contributed by atoms with van der Waals surface area (Å²) in [5, 5.41) is -0.164. The van der Waals surface area contributed by atoms with Crippen molar-refractivity contribution in [2.75, 3.05) is 24.8 Å². The van der Waals surface area contributed by atoms with E-state index >= 15 is 0 Å². The zero-order chi connectivity index (χ0) is 15.5. The van der Waals surface area contributed by atoms with Gasteiger partial charge < -0.3 is 5.73 Å². The van der Waals surface area contributed by atoms with E-state index in [2.05, 4.69) is 0 Å². The second kappa shape index (κ2) is 6.98. The van der Waals surface area contributed by atoms with Crippen LogP contribution in [-0.4, -0.2) is 37.8 Å². The largest absolute Gasteiger partial charge is 0.396 e. The first-order valence-electron chi connectivity index (χ1n) is 5.97. The van der Waals surface area contributed by atoms with Crippen molar-refractivity contribution >= 4 is 39.1 Å². The highest BCUT2D eigenvalue weighted by atomic mass is 35.5. The minimum Gasteiger partial charge on any atom is -0.396 e. The molecular formula is C12H18ClFN2O2S2. The van der Waals surface area contributed by atoms with E-state index in [0.29, 0.717) is 12.2 Å². The number of rotatable bonds is 6. The van der Waals surface area contributed by atoms with Gasteiger partial charge in [-0.05, 0) is 24.8 Å². The number of benzene rings is 1. The molecule has 2 N–H and O–H groups in total. The van der Waals surface area contributed by atoms with Crippen LogP contribution in [-0.2, 0) is 10.0 Å². The van der Waals surface area contributed by atoms with Crippen molar-refractivity contribution in [2.45, 2.75) is 24.3 Å². The smallest absolute Gasteiger partial charge is 0.244 e. The fourth-order valence-electron chi connectivity index (χ4n) is 1.77. The SMILES string of the molecule is CCC(CSC)N(C)S(=O)(=O)c1cc(N)c(F)cc1Cl. The van der Waals surface area contributed by atoms with E-state index in [1.165, 1.54) is 11.4 Å². The van der Waals surface area contributed by atoms with Crippen molar-refractivity contribution in [1.82, 2.24) is 4.31 Å². The number of halogens is 2. The molecule has 20 heavy (non-hydrogen) atoms. The van der Waals surface area contributed by atoms with Gasteiger partial charge in [0, 0.05) is 18.8 Å². The normalized spacial score (nSPS) is 13.7. The van der Waals surface area contributed by atoms with E-state index in [9.17, 15) is 12.8 Å². The third-order valence-electron chi connectivity index (χ3n) is 3.05. The summed E-state index contributed by atoms with van der Waals surface area (Å²) in [6.45, 7) is 1.91. The summed E-state index contributed by atoms with van der Waals surface area (Å²) in [5.41, 5.74) is 5.20. The van der Waals surface area contributed by atoms with Crippen LogP contribution in [0.1, 0.15) is 13.3 Å². The zero-order valence-corrected chi connectivity index (χ0v) is 13.9. The van der Waals surface area contributed by atoms with E-state index in [1.807, 2.05) is 13.2 Å². The maximum absolute atomic E-state index is 13.3. The molecule has 1 atom stereocenters. The number of anilines is 1. The van der Waals surface area contributed by atoms with Gasteiger partial charge in [0.15, 0.2) is 0 Å².